The molecule has 0 fully saturated rings. The Labute approximate surface area is 90.6 Å². The second-order valence-corrected chi connectivity index (χ2v) is 3.64. The zero-order valence-electron chi connectivity index (χ0n) is 7.45. The van der Waals surface area contributed by atoms with Gasteiger partial charge in [0.1, 0.15) is 6.10 Å². The Morgan fingerprint density at radius 3 is 2.85 bits per heavy atom. The first-order chi connectivity index (χ1) is 6.06. The maximum atomic E-state index is 11.0. The van der Waals surface area contributed by atoms with Gasteiger partial charge in [-0.2, -0.15) is 0 Å². The largest absolute Gasteiger partial charge is 0.452 e. The number of esters is 1. The van der Waals surface area contributed by atoms with E-state index in [0.29, 0.717) is 5.57 Å². The number of hydrogen-bond donors (Lipinski definition) is 1. The van der Waals surface area contributed by atoms with Gasteiger partial charge >= 0.3 is 5.97 Å². The first-order valence-electron chi connectivity index (χ1n) is 3.90. The summed E-state index contributed by atoms with van der Waals surface area (Å²) in [6, 6.07) is 0. The smallest absolute Gasteiger partial charge is 0.334 e. The van der Waals surface area contributed by atoms with Gasteiger partial charge in [0, 0.05) is 5.57 Å². The van der Waals surface area contributed by atoms with E-state index in [9.17, 15) is 9.90 Å². The minimum absolute atomic E-state index is 0.342. The Bertz CT molecular complexity index is 281. The molecule has 3 nitrogen and oxygen atoms in total. The maximum Gasteiger partial charge on any atom is 0.334 e. The van der Waals surface area contributed by atoms with Crippen molar-refractivity contribution in [1.82, 2.24) is 0 Å². The number of halogens is 1. The van der Waals surface area contributed by atoms with Crippen molar-refractivity contribution >= 4 is 28.6 Å². The minimum atomic E-state index is -0.724. The van der Waals surface area contributed by atoms with Crippen molar-refractivity contribution in [3.63, 3.8) is 0 Å². The molecule has 13 heavy (non-hydrogen) atoms. The van der Waals surface area contributed by atoms with Crippen LogP contribution < -0.4 is 0 Å². The van der Waals surface area contributed by atoms with E-state index < -0.39 is 12.2 Å². The van der Waals surface area contributed by atoms with E-state index in [4.69, 9.17) is 4.74 Å². The van der Waals surface area contributed by atoms with Gasteiger partial charge in [0.15, 0.2) is 6.10 Å². The molecule has 0 unspecified atom stereocenters. The molecule has 72 valence electrons. The van der Waals surface area contributed by atoms with Crippen molar-refractivity contribution in [2.24, 2.45) is 0 Å². The molecule has 1 aliphatic heterocycles. The fraction of sp³-hybridized carbons (Fsp3) is 0.444. The normalized spacial score (nSPS) is 25.5. The van der Waals surface area contributed by atoms with E-state index in [1.165, 1.54) is 0 Å². The first kappa shape index (κ1) is 10.7. The Hall–Kier alpha value is -0.360. The Morgan fingerprint density at radius 1 is 1.85 bits per heavy atom. The lowest BCUT2D eigenvalue weighted by atomic mass is 10.1. The summed E-state index contributed by atoms with van der Waals surface area (Å²) in [5.74, 6) is -0.342. The van der Waals surface area contributed by atoms with Gasteiger partial charge in [0.2, 0.25) is 0 Å². The molecule has 0 aromatic carbocycles. The number of carbonyl (C=O) groups is 1. The van der Waals surface area contributed by atoms with E-state index in [-0.39, 0.29) is 5.97 Å². The number of hydrogen-bond acceptors (Lipinski definition) is 3. The van der Waals surface area contributed by atoms with Crippen molar-refractivity contribution in [2.75, 3.05) is 0 Å². The molecular weight excluding hydrogens is 283 g/mol. The summed E-state index contributed by atoms with van der Waals surface area (Å²) in [7, 11) is 0. The van der Waals surface area contributed by atoms with Crippen molar-refractivity contribution < 1.29 is 14.6 Å². The third-order valence-electron chi connectivity index (χ3n) is 1.93. The van der Waals surface area contributed by atoms with E-state index >= 15 is 0 Å². The number of carbonyl (C=O) groups excluding carboxylic acids is 1. The maximum absolute atomic E-state index is 11.0. The van der Waals surface area contributed by atoms with E-state index in [0.717, 1.165) is 5.57 Å². The van der Waals surface area contributed by atoms with Crippen LogP contribution >= 0.6 is 22.6 Å². The van der Waals surface area contributed by atoms with Crippen molar-refractivity contribution in [2.45, 2.75) is 26.1 Å². The summed E-state index contributed by atoms with van der Waals surface area (Å²) >= 11 is 2.04. The van der Waals surface area contributed by atoms with E-state index in [1.54, 1.807) is 24.0 Å². The van der Waals surface area contributed by atoms with Crippen LogP contribution in [0.3, 0.4) is 0 Å². The zero-order chi connectivity index (χ0) is 10.0. The number of ether oxygens (including phenoxy) is 1. The lowest BCUT2D eigenvalue weighted by Gasteiger charge is -2.15. The first-order valence-corrected chi connectivity index (χ1v) is 5.15. The Kier molecular flexibility index (Phi) is 3.49. The van der Waals surface area contributed by atoms with Crippen molar-refractivity contribution in [1.29, 1.82) is 0 Å². The van der Waals surface area contributed by atoms with Crippen LogP contribution in [-0.2, 0) is 9.53 Å². The molecule has 2 atom stereocenters. The molecule has 1 N–H and O–H groups in total. The zero-order valence-corrected chi connectivity index (χ0v) is 9.61. The molecule has 1 aliphatic rings. The van der Waals surface area contributed by atoms with Gasteiger partial charge in [0.05, 0.1) is 0 Å². The predicted octanol–water partition coefficient (Wildman–Crippen LogP) is 1.56. The van der Waals surface area contributed by atoms with Gasteiger partial charge < -0.3 is 9.84 Å². The second kappa shape index (κ2) is 4.23. The van der Waals surface area contributed by atoms with Crippen LogP contribution in [0.15, 0.2) is 21.3 Å². The number of rotatable bonds is 2. The average Bonchev–Trinajstić information content (AvgIpc) is 2.44. The molecule has 1 rings (SSSR count). The quantitative estimate of drug-likeness (QED) is 0.621. The van der Waals surface area contributed by atoms with Crippen LogP contribution in [0.25, 0.3) is 0 Å². The summed E-state index contributed by atoms with van der Waals surface area (Å²) in [6.07, 6.45) is 0.410. The lowest BCUT2D eigenvalue weighted by molar-refractivity contribution is -0.142. The molecule has 0 saturated heterocycles. The molecule has 0 amide bonds. The van der Waals surface area contributed by atoms with Crippen molar-refractivity contribution in [3.8, 4) is 0 Å². The third-order valence-corrected chi connectivity index (χ3v) is 2.91. The fourth-order valence-electron chi connectivity index (χ4n) is 1.04. The molecule has 0 radical (unpaired) electrons. The van der Waals surface area contributed by atoms with Crippen molar-refractivity contribution in [3.05, 3.63) is 21.3 Å². The van der Waals surface area contributed by atoms with E-state index in [1.807, 2.05) is 22.6 Å². The van der Waals surface area contributed by atoms with Crippen LogP contribution in [0, 0.1) is 0 Å². The highest BCUT2D eigenvalue weighted by Gasteiger charge is 2.29. The highest BCUT2D eigenvalue weighted by atomic mass is 127. The minimum Gasteiger partial charge on any atom is -0.452 e. The monoisotopic (exact) mass is 294 g/mol. The Morgan fingerprint density at radius 2 is 2.46 bits per heavy atom. The second-order valence-electron chi connectivity index (χ2n) is 3.02. The molecule has 4 heteroatoms. The fourth-order valence-corrected chi connectivity index (χ4v) is 1.41. The number of cyclic esters (lactones) is 1. The molecular formula is C9H11IO3. The molecule has 1 heterocycles. The third kappa shape index (κ3) is 2.31. The average molecular weight is 294 g/mol. The molecule has 0 aromatic heterocycles. The summed E-state index contributed by atoms with van der Waals surface area (Å²) in [4.78, 5) is 11.0. The summed E-state index contributed by atoms with van der Waals surface area (Å²) in [5, 5.41) is 9.66. The molecule has 0 spiro atoms. The highest BCUT2D eigenvalue weighted by molar-refractivity contribution is 14.1. The van der Waals surface area contributed by atoms with E-state index in [2.05, 4.69) is 0 Å². The van der Waals surface area contributed by atoms with Gasteiger partial charge in [-0.1, -0.05) is 22.6 Å². The number of aliphatic hydroxyl groups excluding tert-OH is 1. The predicted molar refractivity (Wildman–Crippen MR) is 57.4 cm³/mol. The molecule has 0 aromatic rings. The van der Waals surface area contributed by atoms with Crippen LogP contribution in [0.2, 0.25) is 0 Å². The Balaban J connectivity index is 2.72. The van der Waals surface area contributed by atoms with Gasteiger partial charge in [-0.15, -0.1) is 0 Å². The molecule has 0 aliphatic carbocycles. The molecule has 0 saturated carbocycles. The highest BCUT2D eigenvalue weighted by Crippen LogP contribution is 2.20. The van der Waals surface area contributed by atoms with Crippen LogP contribution in [-0.4, -0.2) is 23.3 Å². The van der Waals surface area contributed by atoms with Gasteiger partial charge in [-0.3, -0.25) is 0 Å². The van der Waals surface area contributed by atoms with Crippen LogP contribution in [0.5, 0.6) is 0 Å². The summed E-state index contributed by atoms with van der Waals surface area (Å²) in [5.41, 5.74) is 1.36. The van der Waals surface area contributed by atoms with Crippen LogP contribution in [0.1, 0.15) is 13.8 Å². The molecule has 0 bridgehead atoms. The van der Waals surface area contributed by atoms with Crippen LogP contribution in [0.4, 0.5) is 0 Å². The number of aliphatic hydroxyl groups is 1. The summed E-state index contributed by atoms with van der Waals surface area (Å²) in [6.45, 7) is 3.48. The SMILES string of the molecule is CC1=C[C@H]([C@@H](O)/C(C)=C/I)OC1=O. The standard InChI is InChI=1S/C9H11IO3/c1-5-3-7(13-9(5)12)8(11)6(2)4-10/h3-4,7-8,11H,1-2H3/b6-4+/t7-,8+/m1/s1. The van der Waals surface area contributed by atoms with Gasteiger partial charge in [-0.25, -0.2) is 4.79 Å². The summed E-state index contributed by atoms with van der Waals surface area (Å²) < 4.78 is 6.71. The van der Waals surface area contributed by atoms with Gasteiger partial charge in [-0.05, 0) is 29.6 Å². The lowest BCUT2D eigenvalue weighted by Crippen LogP contribution is -2.26. The topological polar surface area (TPSA) is 46.5 Å². The van der Waals surface area contributed by atoms with Gasteiger partial charge in [0.25, 0.3) is 0 Å².